The van der Waals surface area contributed by atoms with Crippen molar-refractivity contribution in [1.29, 1.82) is 0 Å². The molecule has 1 unspecified atom stereocenters. The Morgan fingerprint density at radius 3 is 2.33 bits per heavy atom. The van der Waals surface area contributed by atoms with E-state index in [4.69, 9.17) is 32.2 Å². The van der Waals surface area contributed by atoms with Crippen LogP contribution in [0.2, 0.25) is 5.02 Å². The Hall–Kier alpha value is -4.68. The van der Waals surface area contributed by atoms with E-state index >= 15 is 0 Å². The summed E-state index contributed by atoms with van der Waals surface area (Å²) in [4.78, 5) is 19.2. The first-order chi connectivity index (χ1) is 19.0. The highest BCUT2D eigenvalue weighted by Crippen LogP contribution is 2.36. The van der Waals surface area contributed by atoms with Gasteiger partial charge in [0, 0.05) is 28.1 Å². The first-order valence-electron chi connectivity index (χ1n) is 12.6. The van der Waals surface area contributed by atoms with Gasteiger partial charge in [-0.2, -0.15) is 5.10 Å². The summed E-state index contributed by atoms with van der Waals surface area (Å²) in [6.45, 7) is 0. The average molecular weight is 533 g/mol. The Balaban J connectivity index is 1.47. The van der Waals surface area contributed by atoms with Crippen LogP contribution in [0.4, 0.5) is 5.69 Å². The fourth-order valence-electron chi connectivity index (χ4n) is 4.88. The number of hydrogen-bond donors (Lipinski definition) is 1. The van der Waals surface area contributed by atoms with E-state index < -0.39 is 0 Å². The number of fused-ring (bicyclic) bond motifs is 1. The van der Waals surface area contributed by atoms with Gasteiger partial charge < -0.3 is 10.5 Å². The Bertz CT molecular complexity index is 1700. The van der Waals surface area contributed by atoms with Gasteiger partial charge in [0.15, 0.2) is 0 Å². The van der Waals surface area contributed by atoms with Gasteiger partial charge in [-0.15, -0.1) is 0 Å². The van der Waals surface area contributed by atoms with Crippen LogP contribution in [0.25, 0.3) is 22.2 Å². The molecule has 0 radical (unpaired) electrons. The van der Waals surface area contributed by atoms with Crippen molar-refractivity contribution in [3.8, 4) is 17.0 Å². The van der Waals surface area contributed by atoms with E-state index in [1.165, 1.54) is 0 Å². The molecule has 39 heavy (non-hydrogen) atoms. The van der Waals surface area contributed by atoms with Gasteiger partial charge >= 0.3 is 0 Å². The highest BCUT2D eigenvalue weighted by atomic mass is 35.5. The number of methoxy groups -OCH3 is 1. The zero-order valence-electron chi connectivity index (χ0n) is 21.2. The minimum atomic E-state index is -0.290. The number of carbonyl (C=O) groups excluding carboxylic acids is 1. The third-order valence-electron chi connectivity index (χ3n) is 6.95. The molecule has 6 rings (SSSR count). The normalized spacial score (nSPS) is 14.9. The molecule has 7 heteroatoms. The molecule has 6 nitrogen and oxygen atoms in total. The van der Waals surface area contributed by atoms with Crippen LogP contribution in [-0.4, -0.2) is 28.7 Å². The standard InChI is InChI=1S/C32H25ClN4O2/c1-39-25-16-10-22(11-17-25)31-19-30(21-8-14-24(34)15-9-21)36-37(31)32(38)27-18-29(20-6-12-23(33)13-7-20)35-28-5-3-2-4-26(27)28/h2-18,31H,19,34H2,1H3. The molecule has 0 aliphatic carbocycles. The maximum atomic E-state index is 14.4. The van der Waals surface area contributed by atoms with Gasteiger partial charge in [-0.25, -0.2) is 9.99 Å². The number of halogens is 1. The lowest BCUT2D eigenvalue weighted by Crippen LogP contribution is -2.27. The third-order valence-corrected chi connectivity index (χ3v) is 7.20. The summed E-state index contributed by atoms with van der Waals surface area (Å²) in [5.41, 5.74) is 12.1. The Morgan fingerprint density at radius 2 is 1.62 bits per heavy atom. The van der Waals surface area contributed by atoms with Gasteiger partial charge in [0.05, 0.1) is 35.6 Å². The topological polar surface area (TPSA) is 80.8 Å². The molecule has 1 atom stereocenters. The van der Waals surface area contributed by atoms with Crippen molar-refractivity contribution in [3.05, 3.63) is 125 Å². The number of hydrogen-bond acceptors (Lipinski definition) is 5. The maximum absolute atomic E-state index is 14.4. The van der Waals surface area contributed by atoms with Gasteiger partial charge in [-0.1, -0.05) is 66.2 Å². The van der Waals surface area contributed by atoms with E-state index in [-0.39, 0.29) is 11.9 Å². The molecule has 2 heterocycles. The number of pyridine rings is 1. The number of nitrogen functional groups attached to an aromatic ring is 1. The predicted octanol–water partition coefficient (Wildman–Crippen LogP) is 7.14. The number of aromatic nitrogens is 1. The summed E-state index contributed by atoms with van der Waals surface area (Å²) in [5.74, 6) is 0.553. The summed E-state index contributed by atoms with van der Waals surface area (Å²) >= 11 is 6.12. The molecule has 0 spiro atoms. The maximum Gasteiger partial charge on any atom is 0.275 e. The number of amides is 1. The number of rotatable bonds is 5. The number of benzene rings is 4. The number of para-hydroxylation sites is 1. The second kappa shape index (κ2) is 10.2. The number of ether oxygens (including phenoxy) is 1. The minimum Gasteiger partial charge on any atom is -0.497 e. The molecule has 0 fully saturated rings. The molecule has 1 aliphatic rings. The highest BCUT2D eigenvalue weighted by Gasteiger charge is 2.34. The first kappa shape index (κ1) is 24.6. The van der Waals surface area contributed by atoms with E-state index in [0.717, 1.165) is 39.1 Å². The van der Waals surface area contributed by atoms with Crippen LogP contribution >= 0.6 is 11.6 Å². The minimum absolute atomic E-state index is 0.199. The summed E-state index contributed by atoms with van der Waals surface area (Å²) in [7, 11) is 1.63. The lowest BCUT2D eigenvalue weighted by Gasteiger charge is -2.23. The molecule has 1 aliphatic heterocycles. The second-order valence-corrected chi connectivity index (χ2v) is 9.83. The zero-order chi connectivity index (χ0) is 26.9. The van der Waals surface area contributed by atoms with E-state index in [9.17, 15) is 4.79 Å². The van der Waals surface area contributed by atoms with Gasteiger partial charge in [0.1, 0.15) is 5.75 Å². The summed E-state index contributed by atoms with van der Waals surface area (Å²) in [6, 6.07) is 32.0. The fourth-order valence-corrected chi connectivity index (χ4v) is 5.00. The number of carbonyl (C=O) groups is 1. The molecule has 1 aromatic heterocycles. The Labute approximate surface area is 231 Å². The highest BCUT2D eigenvalue weighted by molar-refractivity contribution is 6.30. The smallest absolute Gasteiger partial charge is 0.275 e. The van der Waals surface area contributed by atoms with E-state index in [1.807, 2.05) is 103 Å². The van der Waals surface area contributed by atoms with Gasteiger partial charge in [-0.3, -0.25) is 4.79 Å². The SMILES string of the molecule is COc1ccc(C2CC(c3ccc(N)cc3)=NN2C(=O)c2cc(-c3ccc(Cl)cc3)nc3ccccc23)cc1. The molecule has 192 valence electrons. The van der Waals surface area contributed by atoms with Crippen molar-refractivity contribution in [2.45, 2.75) is 12.5 Å². The quantitative estimate of drug-likeness (QED) is 0.244. The predicted molar refractivity (Wildman–Crippen MR) is 156 cm³/mol. The van der Waals surface area contributed by atoms with E-state index in [0.29, 0.717) is 28.4 Å². The summed E-state index contributed by atoms with van der Waals surface area (Å²) < 4.78 is 5.35. The van der Waals surface area contributed by atoms with Gasteiger partial charge in [0.25, 0.3) is 5.91 Å². The number of nitrogens with zero attached hydrogens (tertiary/aromatic N) is 3. The molecule has 2 N–H and O–H groups in total. The molecule has 0 saturated carbocycles. The van der Waals surface area contributed by atoms with Crippen molar-refractivity contribution in [2.75, 3.05) is 12.8 Å². The van der Waals surface area contributed by atoms with Crippen LogP contribution in [-0.2, 0) is 0 Å². The first-order valence-corrected chi connectivity index (χ1v) is 12.9. The number of nitrogens with two attached hydrogens (primary N) is 1. The molecule has 5 aromatic rings. The van der Waals surface area contributed by atoms with Crippen LogP contribution < -0.4 is 10.5 Å². The number of anilines is 1. The van der Waals surface area contributed by atoms with Crippen molar-refractivity contribution >= 4 is 39.8 Å². The fraction of sp³-hybridized carbons (Fsp3) is 0.0938. The number of hydrazone groups is 1. The average Bonchev–Trinajstić information content (AvgIpc) is 3.42. The molecule has 4 aromatic carbocycles. The monoisotopic (exact) mass is 532 g/mol. The molecule has 0 saturated heterocycles. The van der Waals surface area contributed by atoms with Crippen LogP contribution in [0.1, 0.15) is 33.9 Å². The Morgan fingerprint density at radius 1 is 0.923 bits per heavy atom. The Kier molecular flexibility index (Phi) is 6.47. The lowest BCUT2D eigenvalue weighted by molar-refractivity contribution is 0.0713. The van der Waals surface area contributed by atoms with Crippen LogP contribution in [0.3, 0.4) is 0 Å². The van der Waals surface area contributed by atoms with E-state index in [1.54, 1.807) is 12.1 Å². The van der Waals surface area contributed by atoms with Crippen LogP contribution in [0.5, 0.6) is 5.75 Å². The largest absolute Gasteiger partial charge is 0.497 e. The lowest BCUT2D eigenvalue weighted by atomic mass is 9.97. The van der Waals surface area contributed by atoms with Gasteiger partial charge in [0.2, 0.25) is 0 Å². The summed E-state index contributed by atoms with van der Waals surface area (Å²) in [6.07, 6.45) is 0.565. The molecule has 1 amide bonds. The third kappa shape index (κ3) is 4.82. The zero-order valence-corrected chi connectivity index (χ0v) is 22.0. The van der Waals surface area contributed by atoms with Crippen molar-refractivity contribution in [1.82, 2.24) is 9.99 Å². The van der Waals surface area contributed by atoms with Crippen LogP contribution in [0.15, 0.2) is 108 Å². The molecule has 0 bridgehead atoms. The van der Waals surface area contributed by atoms with Gasteiger partial charge in [-0.05, 0) is 59.7 Å². The van der Waals surface area contributed by atoms with E-state index in [2.05, 4.69) is 0 Å². The van der Waals surface area contributed by atoms with Crippen molar-refractivity contribution in [2.24, 2.45) is 5.10 Å². The van der Waals surface area contributed by atoms with Crippen molar-refractivity contribution < 1.29 is 9.53 Å². The van der Waals surface area contributed by atoms with Crippen molar-refractivity contribution in [3.63, 3.8) is 0 Å². The molecular formula is C32H25ClN4O2. The summed E-state index contributed by atoms with van der Waals surface area (Å²) in [5, 5.41) is 7.88. The molecular weight excluding hydrogens is 508 g/mol. The van der Waals surface area contributed by atoms with Crippen LogP contribution in [0, 0.1) is 0 Å². The second-order valence-electron chi connectivity index (χ2n) is 9.39.